The third-order valence-electron chi connectivity index (χ3n) is 3.41. The second-order valence-corrected chi connectivity index (χ2v) is 5.74. The average Bonchev–Trinajstić information content (AvgIpc) is 2.57. The highest BCUT2D eigenvalue weighted by Gasteiger charge is 2.12. The Morgan fingerprint density at radius 3 is 2.39 bits per heavy atom. The molecule has 0 fully saturated rings. The van der Waals surface area contributed by atoms with Crippen molar-refractivity contribution in [1.82, 2.24) is 0 Å². The second-order valence-electron chi connectivity index (χ2n) is 5.30. The lowest BCUT2D eigenvalue weighted by Gasteiger charge is -2.26. The van der Waals surface area contributed by atoms with Gasteiger partial charge in [0.2, 0.25) is 0 Å². The minimum Gasteiger partial charge on any atom is -0.395 e. The first kappa shape index (κ1) is 17.8. The lowest BCUT2D eigenvalue weighted by Crippen LogP contribution is -2.36. The molecular weight excluding hydrogens is 314 g/mol. The minimum absolute atomic E-state index is 0.0350. The number of halogens is 1. The fourth-order valence-electron chi connectivity index (χ4n) is 2.29. The van der Waals surface area contributed by atoms with Gasteiger partial charge in [0, 0.05) is 23.8 Å². The molecule has 2 rings (SSSR count). The zero-order chi connectivity index (χ0) is 16.5. The molecule has 0 saturated carbocycles. The van der Waals surface area contributed by atoms with Crippen LogP contribution < -0.4 is 4.90 Å². The maximum Gasteiger partial charge on any atom is 0.0948 e. The first-order valence-electron chi connectivity index (χ1n) is 7.60. The molecule has 0 aliphatic heterocycles. The largest absolute Gasteiger partial charge is 0.395 e. The highest BCUT2D eigenvalue weighted by Crippen LogP contribution is 2.14. The number of hydrogen-bond donors (Lipinski definition) is 2. The fourth-order valence-corrected chi connectivity index (χ4v) is 2.41. The van der Waals surface area contributed by atoms with Gasteiger partial charge in [-0.3, -0.25) is 0 Å². The summed E-state index contributed by atoms with van der Waals surface area (Å²) in [5.74, 6) is 0. The normalized spacial score (nSPS) is 12.1. The van der Waals surface area contributed by atoms with Gasteiger partial charge in [0.1, 0.15) is 0 Å². The molecule has 23 heavy (non-hydrogen) atoms. The number of rotatable bonds is 9. The molecule has 124 valence electrons. The van der Waals surface area contributed by atoms with Gasteiger partial charge in [-0.05, 0) is 29.8 Å². The molecule has 0 aromatic heterocycles. The predicted molar refractivity (Wildman–Crippen MR) is 92.9 cm³/mol. The first-order valence-corrected chi connectivity index (χ1v) is 7.98. The number of benzene rings is 2. The van der Waals surface area contributed by atoms with Crippen molar-refractivity contribution in [2.45, 2.75) is 12.7 Å². The van der Waals surface area contributed by atoms with E-state index in [9.17, 15) is 10.2 Å². The van der Waals surface area contributed by atoms with E-state index in [1.807, 2.05) is 59.5 Å². The summed E-state index contributed by atoms with van der Waals surface area (Å²) in [7, 11) is 0. The van der Waals surface area contributed by atoms with E-state index in [1.165, 1.54) is 0 Å². The molecule has 2 aromatic carbocycles. The molecule has 2 N–H and O–H groups in total. The van der Waals surface area contributed by atoms with Crippen LogP contribution in [0.25, 0.3) is 0 Å². The summed E-state index contributed by atoms with van der Waals surface area (Å²) >= 11 is 5.83. The number of aliphatic hydroxyl groups excluding tert-OH is 2. The number of para-hydroxylation sites is 1. The molecule has 2 aromatic rings. The van der Waals surface area contributed by atoms with Crippen LogP contribution in [0.5, 0.6) is 0 Å². The zero-order valence-corrected chi connectivity index (χ0v) is 13.7. The van der Waals surface area contributed by atoms with Crippen LogP contribution in [0.3, 0.4) is 0 Å². The molecule has 0 bridgehead atoms. The number of anilines is 1. The van der Waals surface area contributed by atoms with E-state index < -0.39 is 6.10 Å². The summed E-state index contributed by atoms with van der Waals surface area (Å²) in [4.78, 5) is 1.94. The van der Waals surface area contributed by atoms with Crippen LogP contribution in [-0.2, 0) is 11.3 Å². The highest BCUT2D eigenvalue weighted by molar-refractivity contribution is 6.30. The van der Waals surface area contributed by atoms with Gasteiger partial charge in [-0.15, -0.1) is 0 Å². The van der Waals surface area contributed by atoms with Gasteiger partial charge in [-0.2, -0.15) is 0 Å². The Bertz CT molecular complexity index is 562. The van der Waals surface area contributed by atoms with Crippen molar-refractivity contribution in [3.05, 3.63) is 65.2 Å². The quantitative estimate of drug-likeness (QED) is 0.740. The maximum atomic E-state index is 10.2. The van der Waals surface area contributed by atoms with E-state index in [1.54, 1.807) is 0 Å². The lowest BCUT2D eigenvalue weighted by molar-refractivity contribution is 0.0317. The third kappa shape index (κ3) is 6.20. The Labute approximate surface area is 141 Å². The van der Waals surface area contributed by atoms with Gasteiger partial charge in [0.15, 0.2) is 0 Å². The van der Waals surface area contributed by atoms with Crippen LogP contribution in [0.1, 0.15) is 5.56 Å². The Balaban J connectivity index is 1.80. The molecule has 0 amide bonds. The van der Waals surface area contributed by atoms with Gasteiger partial charge in [0.05, 0.1) is 25.9 Å². The van der Waals surface area contributed by atoms with Crippen molar-refractivity contribution >= 4 is 17.3 Å². The van der Waals surface area contributed by atoms with E-state index in [2.05, 4.69) is 0 Å². The third-order valence-corrected chi connectivity index (χ3v) is 3.67. The van der Waals surface area contributed by atoms with Crippen molar-refractivity contribution in [2.75, 3.05) is 31.2 Å². The Morgan fingerprint density at radius 2 is 1.74 bits per heavy atom. The molecule has 4 nitrogen and oxygen atoms in total. The summed E-state index contributed by atoms with van der Waals surface area (Å²) in [6, 6.07) is 17.1. The van der Waals surface area contributed by atoms with E-state index in [4.69, 9.17) is 16.3 Å². The standard InChI is InChI=1S/C18H22ClNO3/c19-16-8-6-15(7-9-16)13-23-14-18(22)12-20(10-11-21)17-4-2-1-3-5-17/h1-9,18,21-22H,10-14H2. The van der Waals surface area contributed by atoms with Crippen LogP contribution >= 0.6 is 11.6 Å². The second kappa shape index (κ2) is 9.53. The van der Waals surface area contributed by atoms with Gasteiger partial charge in [-0.1, -0.05) is 41.9 Å². The summed E-state index contributed by atoms with van der Waals surface area (Å²) in [5.41, 5.74) is 1.98. The molecule has 0 aliphatic rings. The maximum absolute atomic E-state index is 10.2. The van der Waals surface area contributed by atoms with Gasteiger partial charge in [-0.25, -0.2) is 0 Å². The van der Waals surface area contributed by atoms with Crippen molar-refractivity contribution in [3.63, 3.8) is 0 Å². The fraction of sp³-hybridized carbons (Fsp3) is 0.333. The van der Waals surface area contributed by atoms with Crippen LogP contribution in [0, 0.1) is 0 Å². The first-order chi connectivity index (χ1) is 11.2. The number of hydrogen-bond acceptors (Lipinski definition) is 4. The summed E-state index contributed by atoms with van der Waals surface area (Å²) in [6.07, 6.45) is -0.631. The summed E-state index contributed by atoms with van der Waals surface area (Å²) < 4.78 is 5.55. The number of aliphatic hydroxyl groups is 2. The van der Waals surface area contributed by atoms with Crippen molar-refractivity contribution in [1.29, 1.82) is 0 Å². The summed E-state index contributed by atoms with van der Waals surface area (Å²) in [6.45, 7) is 1.58. The van der Waals surface area contributed by atoms with Gasteiger partial charge in [0.25, 0.3) is 0 Å². The Morgan fingerprint density at radius 1 is 1.04 bits per heavy atom. The lowest BCUT2D eigenvalue weighted by atomic mass is 10.2. The van der Waals surface area contributed by atoms with Crippen molar-refractivity contribution in [2.24, 2.45) is 0 Å². The highest BCUT2D eigenvalue weighted by atomic mass is 35.5. The molecule has 0 saturated heterocycles. The topological polar surface area (TPSA) is 52.9 Å². The molecule has 0 radical (unpaired) electrons. The van der Waals surface area contributed by atoms with Crippen LogP contribution in [0.2, 0.25) is 5.02 Å². The minimum atomic E-state index is -0.631. The molecule has 1 atom stereocenters. The van der Waals surface area contributed by atoms with E-state index in [0.29, 0.717) is 24.7 Å². The van der Waals surface area contributed by atoms with Crippen LogP contribution in [-0.4, -0.2) is 42.6 Å². The van der Waals surface area contributed by atoms with E-state index in [0.717, 1.165) is 11.3 Å². The van der Waals surface area contributed by atoms with E-state index >= 15 is 0 Å². The number of nitrogens with zero attached hydrogens (tertiary/aromatic N) is 1. The van der Waals surface area contributed by atoms with Gasteiger partial charge >= 0.3 is 0 Å². The van der Waals surface area contributed by atoms with Gasteiger partial charge < -0.3 is 19.8 Å². The van der Waals surface area contributed by atoms with Crippen LogP contribution in [0.15, 0.2) is 54.6 Å². The Kier molecular flexibility index (Phi) is 7.36. The monoisotopic (exact) mass is 335 g/mol. The smallest absolute Gasteiger partial charge is 0.0948 e. The molecular formula is C18H22ClNO3. The summed E-state index contributed by atoms with van der Waals surface area (Å²) in [5, 5.41) is 20.0. The van der Waals surface area contributed by atoms with Crippen LogP contribution in [0.4, 0.5) is 5.69 Å². The Hall–Kier alpha value is -1.59. The van der Waals surface area contributed by atoms with Crippen molar-refractivity contribution in [3.8, 4) is 0 Å². The molecule has 5 heteroatoms. The molecule has 1 unspecified atom stereocenters. The molecule has 0 spiro atoms. The zero-order valence-electron chi connectivity index (χ0n) is 12.9. The average molecular weight is 336 g/mol. The predicted octanol–water partition coefficient (Wildman–Crippen LogP) is 2.72. The SMILES string of the molecule is OCCN(CC(O)COCc1ccc(Cl)cc1)c1ccccc1. The number of ether oxygens (including phenoxy) is 1. The van der Waals surface area contributed by atoms with Crippen molar-refractivity contribution < 1.29 is 14.9 Å². The molecule has 0 heterocycles. The molecule has 0 aliphatic carbocycles. The van der Waals surface area contributed by atoms with E-state index in [-0.39, 0.29) is 13.2 Å².